The molecule has 23 heavy (non-hydrogen) atoms. The molecule has 1 amide bonds. The van der Waals surface area contributed by atoms with E-state index in [4.69, 9.17) is 5.73 Å². The van der Waals surface area contributed by atoms with Crippen molar-refractivity contribution in [1.82, 2.24) is 5.32 Å². The Morgan fingerprint density at radius 2 is 1.87 bits per heavy atom. The summed E-state index contributed by atoms with van der Waals surface area (Å²) in [6, 6.07) is 9.00. The van der Waals surface area contributed by atoms with E-state index in [9.17, 15) is 4.79 Å². The van der Waals surface area contributed by atoms with Crippen LogP contribution in [0.3, 0.4) is 0 Å². The summed E-state index contributed by atoms with van der Waals surface area (Å²) in [6.07, 6.45) is 8.66. The van der Waals surface area contributed by atoms with E-state index >= 15 is 0 Å². The molecule has 1 atom stereocenters. The minimum atomic E-state index is 0. The monoisotopic (exact) mass is 336 g/mol. The molecule has 128 valence electrons. The van der Waals surface area contributed by atoms with Gasteiger partial charge in [-0.3, -0.25) is 4.79 Å². The van der Waals surface area contributed by atoms with Gasteiger partial charge in [-0.15, -0.1) is 12.4 Å². The third-order valence-corrected chi connectivity index (χ3v) is 5.47. The molecule has 3 rings (SSSR count). The minimum absolute atomic E-state index is 0. The number of halogens is 1. The zero-order valence-electron chi connectivity index (χ0n) is 13.8. The maximum atomic E-state index is 12.4. The fraction of sp³-hybridized carbons (Fsp3) is 0.632. The van der Waals surface area contributed by atoms with E-state index in [2.05, 4.69) is 29.6 Å². The highest BCUT2D eigenvalue weighted by molar-refractivity contribution is 5.85. The Labute approximate surface area is 145 Å². The summed E-state index contributed by atoms with van der Waals surface area (Å²) in [4.78, 5) is 12.4. The largest absolute Gasteiger partial charge is 0.353 e. The fourth-order valence-electron chi connectivity index (χ4n) is 4.12. The van der Waals surface area contributed by atoms with E-state index in [0.717, 1.165) is 45.1 Å². The second-order valence-electron chi connectivity index (χ2n) is 7.01. The average Bonchev–Trinajstić information content (AvgIpc) is 2.56. The molecule has 2 aliphatic rings. The van der Waals surface area contributed by atoms with Crippen LogP contribution in [-0.2, 0) is 11.2 Å². The Morgan fingerprint density at radius 1 is 1.13 bits per heavy atom. The van der Waals surface area contributed by atoms with Gasteiger partial charge in [-0.1, -0.05) is 24.3 Å². The minimum Gasteiger partial charge on any atom is -0.353 e. The highest BCUT2D eigenvalue weighted by atomic mass is 35.5. The quantitative estimate of drug-likeness (QED) is 0.883. The molecule has 1 saturated carbocycles. The molecule has 0 heterocycles. The standard InChI is InChI=1S/C19H28N2O.ClH/c20-13-14-8-10-17(11-9-14)21-19(22)12-16-6-3-5-15-4-1-2-7-18(15)16;/h1-2,4,7,14,16-17H,3,5-6,8-13,20H2,(H,21,22);1H. The van der Waals surface area contributed by atoms with E-state index in [-0.39, 0.29) is 18.3 Å². The summed E-state index contributed by atoms with van der Waals surface area (Å²) in [7, 11) is 0. The first-order valence-electron chi connectivity index (χ1n) is 8.83. The Bertz CT molecular complexity index is 512. The number of nitrogens with one attached hydrogen (secondary N) is 1. The maximum Gasteiger partial charge on any atom is 0.220 e. The van der Waals surface area contributed by atoms with Crippen molar-refractivity contribution in [2.75, 3.05) is 6.54 Å². The number of hydrogen-bond donors (Lipinski definition) is 2. The van der Waals surface area contributed by atoms with Crippen LogP contribution in [0.1, 0.15) is 62.0 Å². The molecule has 1 aromatic rings. The normalized spacial score (nSPS) is 26.7. The number of amides is 1. The van der Waals surface area contributed by atoms with Gasteiger partial charge in [-0.05, 0) is 74.5 Å². The molecule has 2 aliphatic carbocycles. The zero-order valence-corrected chi connectivity index (χ0v) is 14.6. The molecule has 0 spiro atoms. The second-order valence-corrected chi connectivity index (χ2v) is 7.01. The van der Waals surface area contributed by atoms with Crippen molar-refractivity contribution < 1.29 is 4.79 Å². The Balaban J connectivity index is 0.00000192. The van der Waals surface area contributed by atoms with Crippen molar-refractivity contribution in [3.05, 3.63) is 35.4 Å². The number of hydrogen-bond acceptors (Lipinski definition) is 2. The van der Waals surface area contributed by atoms with E-state index in [0.29, 0.717) is 24.3 Å². The first-order chi connectivity index (χ1) is 10.8. The number of carbonyl (C=O) groups excluding carboxylic acids is 1. The highest BCUT2D eigenvalue weighted by Crippen LogP contribution is 2.34. The van der Waals surface area contributed by atoms with Crippen LogP contribution in [0.5, 0.6) is 0 Å². The summed E-state index contributed by atoms with van der Waals surface area (Å²) in [5, 5.41) is 3.26. The van der Waals surface area contributed by atoms with Crippen molar-refractivity contribution >= 4 is 18.3 Å². The molecule has 0 aliphatic heterocycles. The van der Waals surface area contributed by atoms with Crippen molar-refractivity contribution in [3.63, 3.8) is 0 Å². The van der Waals surface area contributed by atoms with Gasteiger partial charge in [0.2, 0.25) is 5.91 Å². The number of rotatable bonds is 4. The summed E-state index contributed by atoms with van der Waals surface area (Å²) in [5.74, 6) is 1.31. The van der Waals surface area contributed by atoms with Gasteiger partial charge in [0.05, 0.1) is 0 Å². The average molecular weight is 337 g/mol. The lowest BCUT2D eigenvalue weighted by molar-refractivity contribution is -0.122. The second kappa shape index (κ2) is 8.70. The lowest BCUT2D eigenvalue weighted by Crippen LogP contribution is -2.39. The van der Waals surface area contributed by atoms with Crippen LogP contribution in [0.25, 0.3) is 0 Å². The molecule has 0 saturated heterocycles. The van der Waals surface area contributed by atoms with Crippen LogP contribution in [0.2, 0.25) is 0 Å². The van der Waals surface area contributed by atoms with Crippen LogP contribution in [0.4, 0.5) is 0 Å². The van der Waals surface area contributed by atoms with Crippen molar-refractivity contribution in [3.8, 4) is 0 Å². The van der Waals surface area contributed by atoms with E-state index in [1.54, 1.807) is 0 Å². The molecule has 0 aromatic heterocycles. The highest BCUT2D eigenvalue weighted by Gasteiger charge is 2.25. The summed E-state index contributed by atoms with van der Waals surface area (Å²) >= 11 is 0. The van der Waals surface area contributed by atoms with Crippen LogP contribution >= 0.6 is 12.4 Å². The lowest BCUT2D eigenvalue weighted by Gasteiger charge is -2.30. The topological polar surface area (TPSA) is 55.1 Å². The van der Waals surface area contributed by atoms with E-state index in [1.807, 2.05) is 0 Å². The number of nitrogens with two attached hydrogens (primary N) is 1. The van der Waals surface area contributed by atoms with E-state index in [1.165, 1.54) is 17.5 Å². The van der Waals surface area contributed by atoms with Gasteiger partial charge in [0, 0.05) is 12.5 Å². The molecular formula is C19H29ClN2O. The van der Waals surface area contributed by atoms with E-state index < -0.39 is 0 Å². The lowest BCUT2D eigenvalue weighted by atomic mass is 9.80. The summed E-state index contributed by atoms with van der Waals surface area (Å²) in [5.41, 5.74) is 8.57. The van der Waals surface area contributed by atoms with Gasteiger partial charge in [0.25, 0.3) is 0 Å². The molecule has 3 nitrogen and oxygen atoms in total. The SMILES string of the molecule is Cl.NCC1CCC(NC(=O)CC2CCCc3ccccc32)CC1. The van der Waals surface area contributed by atoms with Crippen LogP contribution in [0, 0.1) is 5.92 Å². The van der Waals surface area contributed by atoms with Gasteiger partial charge < -0.3 is 11.1 Å². The van der Waals surface area contributed by atoms with Crippen molar-refractivity contribution in [2.24, 2.45) is 11.7 Å². The van der Waals surface area contributed by atoms with Gasteiger partial charge in [0.1, 0.15) is 0 Å². The Kier molecular flexibility index (Phi) is 6.91. The molecule has 1 aromatic carbocycles. The first-order valence-corrected chi connectivity index (χ1v) is 8.83. The smallest absolute Gasteiger partial charge is 0.220 e. The van der Waals surface area contributed by atoms with Crippen molar-refractivity contribution in [2.45, 2.75) is 63.3 Å². The number of carbonyl (C=O) groups is 1. The Hall–Kier alpha value is -1.06. The number of fused-ring (bicyclic) bond motifs is 1. The van der Waals surface area contributed by atoms with Crippen LogP contribution < -0.4 is 11.1 Å². The fourth-order valence-corrected chi connectivity index (χ4v) is 4.12. The van der Waals surface area contributed by atoms with Crippen LogP contribution in [0.15, 0.2) is 24.3 Å². The van der Waals surface area contributed by atoms with Crippen molar-refractivity contribution in [1.29, 1.82) is 0 Å². The molecule has 3 N–H and O–H groups in total. The number of benzene rings is 1. The predicted molar refractivity (Wildman–Crippen MR) is 96.9 cm³/mol. The predicted octanol–water partition coefficient (Wildman–Crippen LogP) is 3.55. The molecule has 1 fully saturated rings. The molecule has 4 heteroatoms. The zero-order chi connectivity index (χ0) is 15.4. The summed E-state index contributed by atoms with van der Waals surface area (Å²) in [6.45, 7) is 0.791. The number of aryl methyl sites for hydroxylation is 1. The molecule has 1 unspecified atom stereocenters. The third-order valence-electron chi connectivity index (χ3n) is 5.47. The molecular weight excluding hydrogens is 308 g/mol. The van der Waals surface area contributed by atoms with Gasteiger partial charge in [0.15, 0.2) is 0 Å². The van der Waals surface area contributed by atoms with Gasteiger partial charge in [-0.2, -0.15) is 0 Å². The third kappa shape index (κ3) is 4.71. The van der Waals surface area contributed by atoms with Crippen LogP contribution in [-0.4, -0.2) is 18.5 Å². The Morgan fingerprint density at radius 3 is 2.61 bits per heavy atom. The van der Waals surface area contributed by atoms with Gasteiger partial charge >= 0.3 is 0 Å². The first kappa shape index (κ1) is 18.3. The maximum absolute atomic E-state index is 12.4. The summed E-state index contributed by atoms with van der Waals surface area (Å²) < 4.78 is 0. The molecule has 0 bridgehead atoms. The molecule has 0 radical (unpaired) electrons. The van der Waals surface area contributed by atoms with Gasteiger partial charge in [-0.25, -0.2) is 0 Å².